The van der Waals surface area contributed by atoms with Crippen LogP contribution in [0.5, 0.6) is 0 Å². The summed E-state index contributed by atoms with van der Waals surface area (Å²) in [6, 6.07) is 0.729. The molecular weight excluding hydrogens is 294 g/mol. The van der Waals surface area contributed by atoms with E-state index in [9.17, 15) is 0 Å². The van der Waals surface area contributed by atoms with Gasteiger partial charge in [-0.2, -0.15) is 0 Å². The van der Waals surface area contributed by atoms with E-state index in [1.54, 1.807) is 0 Å². The maximum Gasteiger partial charge on any atom is 0.0188 e. The second-order valence-corrected chi connectivity index (χ2v) is 9.77. The first-order valence-electron chi connectivity index (χ1n) is 10.6. The van der Waals surface area contributed by atoms with Crippen LogP contribution in [0.25, 0.3) is 0 Å². The van der Waals surface area contributed by atoms with Crippen molar-refractivity contribution < 1.29 is 0 Å². The fraction of sp³-hybridized carbons (Fsp3) is 1.00. The Morgan fingerprint density at radius 1 is 0.875 bits per heavy atom. The first-order chi connectivity index (χ1) is 11.4. The van der Waals surface area contributed by atoms with Crippen LogP contribution >= 0.6 is 0 Å². The lowest BCUT2D eigenvalue weighted by atomic mass is 9.64. The van der Waals surface area contributed by atoms with Crippen LogP contribution in [0.1, 0.15) is 60.3 Å². The summed E-state index contributed by atoms with van der Waals surface area (Å²) in [6.45, 7) is 21.2. The van der Waals surface area contributed by atoms with Crippen molar-refractivity contribution in [2.45, 2.75) is 71.9 Å². The Kier molecular flexibility index (Phi) is 5.94. The number of rotatable bonds is 5. The smallest absolute Gasteiger partial charge is 0.0188 e. The van der Waals surface area contributed by atoms with Crippen LogP contribution in [0.2, 0.25) is 0 Å². The van der Waals surface area contributed by atoms with E-state index in [1.165, 1.54) is 71.5 Å². The van der Waals surface area contributed by atoms with Crippen molar-refractivity contribution in [1.82, 2.24) is 14.7 Å². The minimum absolute atomic E-state index is 0.517. The third kappa shape index (κ3) is 4.16. The predicted molar refractivity (Wildman–Crippen MR) is 103 cm³/mol. The molecule has 2 aliphatic heterocycles. The number of hydrogen-bond donors (Lipinski definition) is 0. The van der Waals surface area contributed by atoms with Crippen LogP contribution in [0, 0.1) is 17.8 Å². The van der Waals surface area contributed by atoms with Gasteiger partial charge in [-0.1, -0.05) is 13.8 Å². The summed E-state index contributed by atoms with van der Waals surface area (Å²) in [5.41, 5.74) is 0.517. The molecule has 3 fully saturated rings. The largest absolute Gasteiger partial charge is 0.301 e. The topological polar surface area (TPSA) is 9.72 Å². The van der Waals surface area contributed by atoms with E-state index in [0.29, 0.717) is 5.54 Å². The maximum absolute atomic E-state index is 2.81. The van der Waals surface area contributed by atoms with Crippen molar-refractivity contribution in [3.05, 3.63) is 0 Å². The fourth-order valence-corrected chi connectivity index (χ4v) is 5.29. The van der Waals surface area contributed by atoms with E-state index in [2.05, 4.69) is 49.3 Å². The van der Waals surface area contributed by atoms with Gasteiger partial charge in [0.25, 0.3) is 0 Å². The minimum atomic E-state index is 0.517. The monoisotopic (exact) mass is 335 g/mol. The molecule has 0 aromatic rings. The van der Waals surface area contributed by atoms with E-state index in [0.717, 1.165) is 23.8 Å². The van der Waals surface area contributed by atoms with Crippen LogP contribution in [-0.4, -0.2) is 72.1 Å². The van der Waals surface area contributed by atoms with Gasteiger partial charge in [0.15, 0.2) is 0 Å². The number of nitrogens with zero attached hydrogens (tertiary/aromatic N) is 3. The molecule has 0 amide bonds. The molecule has 3 rings (SSSR count). The highest BCUT2D eigenvalue weighted by molar-refractivity contribution is 5.01. The molecule has 0 N–H and O–H groups in total. The normalized spacial score (nSPS) is 34.9. The summed E-state index contributed by atoms with van der Waals surface area (Å²) >= 11 is 0. The molecule has 24 heavy (non-hydrogen) atoms. The average molecular weight is 336 g/mol. The molecule has 140 valence electrons. The zero-order valence-corrected chi connectivity index (χ0v) is 16.9. The fourth-order valence-electron chi connectivity index (χ4n) is 5.29. The molecule has 2 saturated heterocycles. The Bertz CT molecular complexity index is 384. The molecule has 1 saturated carbocycles. The Hall–Kier alpha value is -0.120. The van der Waals surface area contributed by atoms with Crippen molar-refractivity contribution >= 4 is 0 Å². The molecule has 0 bridgehead atoms. The third-order valence-electron chi connectivity index (χ3n) is 7.38. The minimum Gasteiger partial charge on any atom is -0.301 e. The molecule has 2 heterocycles. The number of piperazine rings is 1. The van der Waals surface area contributed by atoms with E-state index >= 15 is 0 Å². The summed E-state index contributed by atoms with van der Waals surface area (Å²) in [4.78, 5) is 8.22. The molecule has 0 spiro atoms. The van der Waals surface area contributed by atoms with Gasteiger partial charge in [-0.05, 0) is 77.3 Å². The first-order valence-corrected chi connectivity index (χ1v) is 10.6. The molecule has 0 aromatic carbocycles. The van der Waals surface area contributed by atoms with Crippen LogP contribution in [0.15, 0.2) is 0 Å². The Labute approximate surface area is 150 Å². The van der Waals surface area contributed by atoms with Crippen molar-refractivity contribution in [2.24, 2.45) is 17.8 Å². The molecular formula is C21H41N3. The zero-order valence-electron chi connectivity index (χ0n) is 16.9. The van der Waals surface area contributed by atoms with Gasteiger partial charge in [-0.15, -0.1) is 0 Å². The molecule has 3 heteroatoms. The molecule has 3 aliphatic rings. The highest BCUT2D eigenvalue weighted by Crippen LogP contribution is 2.46. The third-order valence-corrected chi connectivity index (χ3v) is 7.38. The van der Waals surface area contributed by atoms with E-state index in [-0.39, 0.29) is 0 Å². The molecule has 0 unspecified atom stereocenters. The van der Waals surface area contributed by atoms with E-state index in [4.69, 9.17) is 0 Å². The van der Waals surface area contributed by atoms with Crippen LogP contribution < -0.4 is 0 Å². The highest BCUT2D eigenvalue weighted by Gasteiger charge is 2.46. The average Bonchev–Trinajstić information content (AvgIpc) is 2.53. The summed E-state index contributed by atoms with van der Waals surface area (Å²) < 4.78 is 0. The number of piperidine rings is 1. The summed E-state index contributed by atoms with van der Waals surface area (Å²) in [5.74, 6) is 2.78. The maximum atomic E-state index is 2.81. The van der Waals surface area contributed by atoms with Gasteiger partial charge in [-0.3, -0.25) is 4.90 Å². The van der Waals surface area contributed by atoms with Crippen molar-refractivity contribution in [1.29, 1.82) is 0 Å². The van der Waals surface area contributed by atoms with Gasteiger partial charge in [-0.25, -0.2) is 0 Å². The van der Waals surface area contributed by atoms with Gasteiger partial charge in [0.2, 0.25) is 0 Å². The second-order valence-electron chi connectivity index (χ2n) is 9.77. The summed E-state index contributed by atoms with van der Waals surface area (Å²) in [5, 5.41) is 0. The lowest BCUT2D eigenvalue weighted by Crippen LogP contribution is -2.62. The van der Waals surface area contributed by atoms with E-state index in [1.807, 2.05) is 0 Å². The first kappa shape index (κ1) is 18.7. The van der Waals surface area contributed by atoms with Gasteiger partial charge < -0.3 is 9.80 Å². The Balaban J connectivity index is 1.37. The van der Waals surface area contributed by atoms with Crippen molar-refractivity contribution in [3.8, 4) is 0 Å². The number of likely N-dealkylation sites (tertiary alicyclic amines) is 1. The zero-order chi connectivity index (χ0) is 17.3. The van der Waals surface area contributed by atoms with Gasteiger partial charge in [0.1, 0.15) is 0 Å². The molecule has 3 nitrogen and oxygen atoms in total. The predicted octanol–water partition coefficient (Wildman–Crippen LogP) is 3.55. The number of hydrogen-bond acceptors (Lipinski definition) is 3. The quantitative estimate of drug-likeness (QED) is 0.761. The van der Waals surface area contributed by atoms with Gasteiger partial charge in [0, 0.05) is 44.3 Å². The summed E-state index contributed by atoms with van der Waals surface area (Å²) in [7, 11) is 0. The Morgan fingerprint density at radius 3 is 1.96 bits per heavy atom. The molecule has 0 atom stereocenters. The summed E-state index contributed by atoms with van der Waals surface area (Å²) in [6.07, 6.45) is 5.68. The van der Waals surface area contributed by atoms with Crippen LogP contribution in [0.3, 0.4) is 0 Å². The van der Waals surface area contributed by atoms with E-state index < -0.39 is 0 Å². The van der Waals surface area contributed by atoms with Gasteiger partial charge >= 0.3 is 0 Å². The lowest BCUT2D eigenvalue weighted by molar-refractivity contribution is -0.0533. The van der Waals surface area contributed by atoms with Crippen LogP contribution in [-0.2, 0) is 0 Å². The molecule has 0 radical (unpaired) electrons. The van der Waals surface area contributed by atoms with Crippen molar-refractivity contribution in [2.75, 3.05) is 45.8 Å². The molecule has 0 aromatic heterocycles. The second kappa shape index (κ2) is 7.63. The SMILES string of the molecule is CC(C)C1CC(C)(N2CCN(CC3CCN(C(C)C)CC3)CC2)C1. The lowest BCUT2D eigenvalue weighted by Gasteiger charge is -2.56. The molecule has 1 aliphatic carbocycles. The van der Waals surface area contributed by atoms with Gasteiger partial charge in [0.05, 0.1) is 0 Å². The standard InChI is InChI=1S/C21H41N3/c1-17(2)20-14-21(5,15-20)24-12-10-22(11-13-24)16-19-6-8-23(9-7-19)18(3)4/h17-20H,6-16H2,1-5H3. The highest BCUT2D eigenvalue weighted by atomic mass is 15.3. The van der Waals surface area contributed by atoms with Crippen LogP contribution in [0.4, 0.5) is 0 Å². The Morgan fingerprint density at radius 2 is 1.46 bits per heavy atom. The van der Waals surface area contributed by atoms with Crippen molar-refractivity contribution in [3.63, 3.8) is 0 Å².